The Labute approximate surface area is 89.5 Å². The van der Waals surface area contributed by atoms with Gasteiger partial charge in [-0.3, -0.25) is 4.98 Å². The lowest BCUT2D eigenvalue weighted by atomic mass is 9.82. The van der Waals surface area contributed by atoms with Crippen molar-refractivity contribution in [2.45, 2.75) is 32.6 Å². The number of rotatable bonds is 3. The van der Waals surface area contributed by atoms with Crippen LogP contribution < -0.4 is 5.73 Å². The summed E-state index contributed by atoms with van der Waals surface area (Å²) in [6.45, 7) is 3.17. The second-order valence-electron chi connectivity index (χ2n) is 4.70. The quantitative estimate of drug-likeness (QED) is 0.832. The van der Waals surface area contributed by atoms with Crippen molar-refractivity contribution in [1.29, 1.82) is 0 Å². The lowest BCUT2D eigenvalue weighted by molar-refractivity contribution is 0.297. The van der Waals surface area contributed by atoms with Gasteiger partial charge in [-0.05, 0) is 37.1 Å². The van der Waals surface area contributed by atoms with E-state index in [0.717, 1.165) is 18.9 Å². The van der Waals surface area contributed by atoms with Gasteiger partial charge in [0.25, 0.3) is 0 Å². The van der Waals surface area contributed by atoms with Crippen molar-refractivity contribution in [2.24, 2.45) is 17.1 Å². The molecule has 1 aliphatic carbocycles. The summed E-state index contributed by atoms with van der Waals surface area (Å²) in [7, 11) is 0. The summed E-state index contributed by atoms with van der Waals surface area (Å²) in [4.78, 5) is 5.52. The number of hydrogen-bond donors (Lipinski definition) is 1. The third-order valence-electron chi connectivity index (χ3n) is 3.41. The van der Waals surface area contributed by atoms with E-state index in [1.165, 1.54) is 24.1 Å². The molecule has 2 rings (SSSR count). The largest absolute Gasteiger partial charge is 0.330 e. The van der Waals surface area contributed by atoms with Gasteiger partial charge in [-0.15, -0.1) is 11.3 Å². The first-order valence-electron chi connectivity index (χ1n) is 5.31. The van der Waals surface area contributed by atoms with Crippen LogP contribution in [-0.4, -0.2) is 11.5 Å². The highest BCUT2D eigenvalue weighted by Crippen LogP contribution is 2.43. The van der Waals surface area contributed by atoms with Crippen molar-refractivity contribution >= 4 is 11.3 Å². The van der Waals surface area contributed by atoms with Crippen molar-refractivity contribution in [3.05, 3.63) is 16.6 Å². The topological polar surface area (TPSA) is 38.9 Å². The average molecular weight is 210 g/mol. The highest BCUT2D eigenvalue weighted by molar-refractivity contribution is 7.09. The van der Waals surface area contributed by atoms with Gasteiger partial charge in [0, 0.05) is 11.1 Å². The van der Waals surface area contributed by atoms with E-state index in [0.29, 0.717) is 5.41 Å². The van der Waals surface area contributed by atoms with E-state index in [1.54, 1.807) is 11.3 Å². The molecule has 1 aromatic heterocycles. The third-order valence-corrected chi connectivity index (χ3v) is 4.19. The van der Waals surface area contributed by atoms with Crippen molar-refractivity contribution in [3.63, 3.8) is 0 Å². The van der Waals surface area contributed by atoms with Crippen molar-refractivity contribution < 1.29 is 0 Å². The summed E-state index contributed by atoms with van der Waals surface area (Å²) in [6.07, 6.45) is 7.06. The zero-order chi connectivity index (χ0) is 10.0. The fourth-order valence-electron chi connectivity index (χ4n) is 2.61. The van der Waals surface area contributed by atoms with E-state index in [1.807, 2.05) is 11.7 Å². The van der Waals surface area contributed by atoms with Crippen molar-refractivity contribution in [2.75, 3.05) is 6.54 Å². The number of aromatic nitrogens is 1. The molecule has 2 N–H and O–H groups in total. The van der Waals surface area contributed by atoms with Crippen molar-refractivity contribution in [3.8, 4) is 0 Å². The Morgan fingerprint density at radius 1 is 1.71 bits per heavy atom. The van der Waals surface area contributed by atoms with Crippen LogP contribution in [-0.2, 0) is 6.42 Å². The van der Waals surface area contributed by atoms with Gasteiger partial charge >= 0.3 is 0 Å². The molecule has 0 amide bonds. The van der Waals surface area contributed by atoms with Gasteiger partial charge in [-0.25, -0.2) is 0 Å². The molecule has 0 saturated heterocycles. The lowest BCUT2D eigenvalue weighted by Gasteiger charge is -2.26. The fraction of sp³-hybridized carbons (Fsp3) is 0.727. The molecule has 78 valence electrons. The normalized spacial score (nSPS) is 32.3. The second-order valence-corrected chi connectivity index (χ2v) is 5.67. The monoisotopic (exact) mass is 210 g/mol. The van der Waals surface area contributed by atoms with Crippen LogP contribution in [0, 0.1) is 11.3 Å². The molecule has 0 aliphatic heterocycles. The van der Waals surface area contributed by atoms with Gasteiger partial charge in [0.15, 0.2) is 0 Å². The van der Waals surface area contributed by atoms with Gasteiger partial charge in [-0.2, -0.15) is 0 Å². The predicted molar refractivity (Wildman–Crippen MR) is 60.3 cm³/mol. The van der Waals surface area contributed by atoms with Crippen LogP contribution >= 0.6 is 11.3 Å². The Bertz CT molecular complexity index is 283. The zero-order valence-corrected chi connectivity index (χ0v) is 9.52. The molecule has 0 aromatic carbocycles. The lowest BCUT2D eigenvalue weighted by Crippen LogP contribution is -2.29. The summed E-state index contributed by atoms with van der Waals surface area (Å²) >= 11 is 1.76. The molecule has 1 aromatic rings. The third kappa shape index (κ3) is 1.98. The van der Waals surface area contributed by atoms with Crippen LogP contribution in [0.15, 0.2) is 11.7 Å². The molecule has 1 aliphatic rings. The molecule has 0 bridgehead atoms. The summed E-state index contributed by atoms with van der Waals surface area (Å²) in [5.74, 6) is 0.853. The molecule has 1 saturated carbocycles. The van der Waals surface area contributed by atoms with Crippen LogP contribution in [0.2, 0.25) is 0 Å². The molecule has 1 fully saturated rings. The first-order chi connectivity index (χ1) is 6.74. The standard InChI is InChI=1S/C11H18N2S/c1-9-2-3-11(4-9,7-12)5-10-6-13-8-14-10/h6,8-9H,2-5,7,12H2,1H3. The Morgan fingerprint density at radius 3 is 3.07 bits per heavy atom. The van der Waals surface area contributed by atoms with Gasteiger partial charge < -0.3 is 5.73 Å². The maximum absolute atomic E-state index is 5.93. The molecule has 0 radical (unpaired) electrons. The molecule has 14 heavy (non-hydrogen) atoms. The Hall–Kier alpha value is -0.410. The molecule has 2 unspecified atom stereocenters. The van der Waals surface area contributed by atoms with Crippen LogP contribution in [0.3, 0.4) is 0 Å². The van der Waals surface area contributed by atoms with Crippen molar-refractivity contribution in [1.82, 2.24) is 4.98 Å². The van der Waals surface area contributed by atoms with Crippen LogP contribution in [0.4, 0.5) is 0 Å². The Kier molecular flexibility index (Phi) is 2.88. The van der Waals surface area contributed by atoms with E-state index in [4.69, 9.17) is 5.73 Å². The smallest absolute Gasteiger partial charge is 0.0794 e. The van der Waals surface area contributed by atoms with Crippen LogP contribution in [0.5, 0.6) is 0 Å². The fourth-order valence-corrected chi connectivity index (χ4v) is 3.38. The van der Waals surface area contributed by atoms with Gasteiger partial charge in [0.2, 0.25) is 0 Å². The molecule has 2 atom stereocenters. The Balaban J connectivity index is 2.06. The van der Waals surface area contributed by atoms with Gasteiger partial charge in [0.1, 0.15) is 0 Å². The highest BCUT2D eigenvalue weighted by Gasteiger charge is 2.36. The molecule has 0 spiro atoms. The number of hydrogen-bond acceptors (Lipinski definition) is 3. The first-order valence-corrected chi connectivity index (χ1v) is 6.19. The van der Waals surface area contributed by atoms with E-state index in [2.05, 4.69) is 11.9 Å². The summed E-state index contributed by atoms with van der Waals surface area (Å²) in [5, 5.41) is 0. The average Bonchev–Trinajstić information content (AvgIpc) is 2.77. The minimum Gasteiger partial charge on any atom is -0.330 e. The second kappa shape index (κ2) is 3.99. The predicted octanol–water partition coefficient (Wildman–Crippen LogP) is 2.45. The van der Waals surface area contributed by atoms with E-state index in [-0.39, 0.29) is 0 Å². The number of nitrogens with two attached hydrogens (primary N) is 1. The Morgan fingerprint density at radius 2 is 2.57 bits per heavy atom. The highest BCUT2D eigenvalue weighted by atomic mass is 32.1. The number of thiazole rings is 1. The first kappa shape index (κ1) is 10.1. The van der Waals surface area contributed by atoms with Crippen LogP contribution in [0.1, 0.15) is 31.1 Å². The zero-order valence-electron chi connectivity index (χ0n) is 8.70. The molecular weight excluding hydrogens is 192 g/mol. The van der Waals surface area contributed by atoms with Gasteiger partial charge in [0.05, 0.1) is 5.51 Å². The van der Waals surface area contributed by atoms with E-state index in [9.17, 15) is 0 Å². The minimum atomic E-state index is 0.381. The minimum absolute atomic E-state index is 0.381. The molecule has 2 nitrogen and oxygen atoms in total. The molecule has 3 heteroatoms. The van der Waals surface area contributed by atoms with E-state index < -0.39 is 0 Å². The summed E-state index contributed by atoms with van der Waals surface area (Å²) < 4.78 is 0. The summed E-state index contributed by atoms with van der Waals surface area (Å²) in [6, 6.07) is 0. The summed E-state index contributed by atoms with van der Waals surface area (Å²) in [5.41, 5.74) is 8.23. The van der Waals surface area contributed by atoms with Gasteiger partial charge in [-0.1, -0.05) is 13.3 Å². The number of nitrogens with zero attached hydrogens (tertiary/aromatic N) is 1. The van der Waals surface area contributed by atoms with E-state index >= 15 is 0 Å². The maximum atomic E-state index is 5.93. The molecular formula is C11H18N2S. The van der Waals surface area contributed by atoms with Crippen LogP contribution in [0.25, 0.3) is 0 Å². The molecule has 1 heterocycles. The maximum Gasteiger partial charge on any atom is 0.0794 e. The SMILES string of the molecule is CC1CCC(CN)(Cc2cncs2)C1.